The van der Waals surface area contributed by atoms with Crippen LogP contribution in [-0.4, -0.2) is 38.4 Å². The molecule has 0 bridgehead atoms. The largest absolute Gasteiger partial charge is 0.341 e. The lowest BCUT2D eigenvalue weighted by Gasteiger charge is -2.16. The number of pyridine rings is 1. The van der Waals surface area contributed by atoms with E-state index in [2.05, 4.69) is 9.97 Å². The van der Waals surface area contributed by atoms with E-state index in [1.807, 2.05) is 15.5 Å². The monoisotopic (exact) mass is 370 g/mol. The highest BCUT2D eigenvalue weighted by Crippen LogP contribution is 2.27. The number of carbonyl (C=O) groups excluding carboxylic acids is 1. The fourth-order valence-corrected chi connectivity index (χ4v) is 4.11. The van der Waals surface area contributed by atoms with Crippen LogP contribution < -0.4 is 0 Å². The van der Waals surface area contributed by atoms with Gasteiger partial charge in [-0.25, -0.2) is 9.37 Å². The molecule has 0 radical (unpaired) electrons. The number of halogens is 1. The zero-order chi connectivity index (χ0) is 17.9. The first-order valence-corrected chi connectivity index (χ1v) is 9.64. The summed E-state index contributed by atoms with van der Waals surface area (Å²) in [5.74, 6) is 0.539. The van der Waals surface area contributed by atoms with Gasteiger partial charge in [-0.3, -0.25) is 9.78 Å². The third-order valence-electron chi connectivity index (χ3n) is 4.55. The first-order valence-electron chi connectivity index (χ1n) is 8.66. The molecule has 3 aromatic rings. The maximum atomic E-state index is 13.1. The Balaban J connectivity index is 1.58. The molecule has 0 spiro atoms. The minimum Gasteiger partial charge on any atom is -0.341 e. The Kier molecular flexibility index (Phi) is 4.88. The van der Waals surface area contributed by atoms with Crippen LogP contribution in [0.25, 0.3) is 11.0 Å². The Labute approximate surface area is 155 Å². The van der Waals surface area contributed by atoms with Gasteiger partial charge in [0, 0.05) is 25.0 Å². The van der Waals surface area contributed by atoms with Crippen molar-refractivity contribution in [3.63, 3.8) is 0 Å². The topological polar surface area (TPSA) is 51.0 Å². The molecule has 3 heterocycles. The van der Waals surface area contributed by atoms with Crippen molar-refractivity contribution in [1.29, 1.82) is 0 Å². The van der Waals surface area contributed by atoms with Gasteiger partial charge in [0.2, 0.25) is 5.91 Å². The van der Waals surface area contributed by atoms with Crippen LogP contribution in [0.2, 0.25) is 0 Å². The molecule has 2 aromatic heterocycles. The van der Waals surface area contributed by atoms with Crippen molar-refractivity contribution in [1.82, 2.24) is 19.4 Å². The molecular weight excluding hydrogens is 351 g/mol. The molecule has 0 saturated carbocycles. The maximum Gasteiger partial charge on any atom is 0.242 e. The molecule has 5 nitrogen and oxygen atoms in total. The number of nitrogens with zero attached hydrogens (tertiary/aromatic N) is 4. The van der Waals surface area contributed by atoms with E-state index in [1.54, 1.807) is 36.3 Å². The lowest BCUT2D eigenvalue weighted by molar-refractivity contribution is -0.130. The summed E-state index contributed by atoms with van der Waals surface area (Å²) in [4.78, 5) is 23.4. The summed E-state index contributed by atoms with van der Waals surface area (Å²) in [7, 11) is 0. The quantitative estimate of drug-likeness (QED) is 0.645. The van der Waals surface area contributed by atoms with Crippen molar-refractivity contribution in [2.45, 2.75) is 30.3 Å². The summed E-state index contributed by atoms with van der Waals surface area (Å²) in [5.41, 5.74) is 2.71. The number of carbonyl (C=O) groups is 1. The van der Waals surface area contributed by atoms with Gasteiger partial charge in [-0.15, -0.1) is 0 Å². The molecule has 1 aliphatic heterocycles. The van der Waals surface area contributed by atoms with Crippen LogP contribution in [0.3, 0.4) is 0 Å². The van der Waals surface area contributed by atoms with E-state index < -0.39 is 0 Å². The molecule has 0 atom stereocenters. The average molecular weight is 370 g/mol. The molecule has 1 saturated heterocycles. The van der Waals surface area contributed by atoms with E-state index in [9.17, 15) is 9.18 Å². The van der Waals surface area contributed by atoms with Gasteiger partial charge in [0.1, 0.15) is 12.4 Å². The van der Waals surface area contributed by atoms with Gasteiger partial charge >= 0.3 is 0 Å². The zero-order valence-corrected chi connectivity index (χ0v) is 15.1. The molecule has 0 aliphatic carbocycles. The Morgan fingerprint density at radius 3 is 2.69 bits per heavy atom. The van der Waals surface area contributed by atoms with Gasteiger partial charge in [-0.05, 0) is 36.6 Å². The summed E-state index contributed by atoms with van der Waals surface area (Å²) in [6.45, 7) is 1.94. The van der Waals surface area contributed by atoms with Gasteiger partial charge in [-0.2, -0.15) is 0 Å². The third-order valence-corrected chi connectivity index (χ3v) is 5.60. The third kappa shape index (κ3) is 3.58. The molecular formula is C19H19FN4OS. The molecule has 26 heavy (non-hydrogen) atoms. The molecule has 134 valence electrons. The number of hydrogen-bond donors (Lipinski definition) is 0. The van der Waals surface area contributed by atoms with Crippen LogP contribution in [0.1, 0.15) is 18.4 Å². The van der Waals surface area contributed by atoms with Crippen LogP contribution in [0, 0.1) is 5.82 Å². The highest BCUT2D eigenvalue weighted by molar-refractivity contribution is 7.98. The number of imidazole rings is 1. The predicted octanol–water partition coefficient (Wildman–Crippen LogP) is 3.49. The van der Waals surface area contributed by atoms with Crippen LogP contribution in [0.4, 0.5) is 4.39 Å². The van der Waals surface area contributed by atoms with Gasteiger partial charge in [-0.1, -0.05) is 23.9 Å². The Hall–Kier alpha value is -2.41. The van der Waals surface area contributed by atoms with Crippen molar-refractivity contribution in [2.75, 3.05) is 13.1 Å². The standard InChI is InChI=1S/C19H19FN4OS/c20-15-5-3-14(4-6-15)13-26-19-22-16-7-8-21-11-17(16)24(19)12-18(25)23-9-1-2-10-23/h3-8,11H,1-2,9-10,12-13H2. The van der Waals surface area contributed by atoms with Gasteiger partial charge in [0.25, 0.3) is 0 Å². The van der Waals surface area contributed by atoms with Crippen molar-refractivity contribution >= 4 is 28.7 Å². The molecule has 0 N–H and O–H groups in total. The number of amides is 1. The normalized spacial score (nSPS) is 14.3. The van der Waals surface area contributed by atoms with Crippen molar-refractivity contribution in [3.05, 3.63) is 54.1 Å². The lowest BCUT2D eigenvalue weighted by atomic mass is 10.2. The second-order valence-electron chi connectivity index (χ2n) is 6.35. The Bertz CT molecular complexity index is 919. The van der Waals surface area contributed by atoms with Gasteiger partial charge in [0.05, 0.1) is 17.2 Å². The van der Waals surface area contributed by atoms with Crippen LogP contribution in [0.15, 0.2) is 47.9 Å². The maximum absolute atomic E-state index is 13.1. The number of rotatable bonds is 5. The van der Waals surface area contributed by atoms with E-state index in [1.165, 1.54) is 12.1 Å². The summed E-state index contributed by atoms with van der Waals surface area (Å²) in [6.07, 6.45) is 5.60. The SMILES string of the molecule is O=C(Cn1c(SCc2ccc(F)cc2)nc2ccncc21)N1CCCC1. The van der Waals surface area contributed by atoms with E-state index in [0.29, 0.717) is 5.75 Å². The van der Waals surface area contributed by atoms with E-state index in [4.69, 9.17) is 0 Å². The summed E-state index contributed by atoms with van der Waals surface area (Å²) >= 11 is 1.55. The van der Waals surface area contributed by atoms with Gasteiger partial charge < -0.3 is 9.47 Å². The fraction of sp³-hybridized carbons (Fsp3) is 0.316. The summed E-state index contributed by atoms with van der Waals surface area (Å²) in [5, 5.41) is 0.782. The number of fused-ring (bicyclic) bond motifs is 1. The van der Waals surface area contributed by atoms with Gasteiger partial charge in [0.15, 0.2) is 5.16 Å². The molecule has 0 unspecified atom stereocenters. The molecule has 1 amide bonds. The fourth-order valence-electron chi connectivity index (χ4n) is 3.14. The van der Waals surface area contributed by atoms with Crippen LogP contribution in [0.5, 0.6) is 0 Å². The first-order chi connectivity index (χ1) is 12.7. The number of likely N-dealkylation sites (tertiary alicyclic amines) is 1. The van der Waals surface area contributed by atoms with E-state index >= 15 is 0 Å². The number of hydrogen-bond acceptors (Lipinski definition) is 4. The molecule has 1 aromatic carbocycles. The molecule has 1 fully saturated rings. The summed E-state index contributed by atoms with van der Waals surface area (Å²) < 4.78 is 15.0. The summed E-state index contributed by atoms with van der Waals surface area (Å²) in [6, 6.07) is 8.31. The highest BCUT2D eigenvalue weighted by atomic mass is 32.2. The minimum atomic E-state index is -0.242. The first kappa shape index (κ1) is 17.0. The smallest absolute Gasteiger partial charge is 0.242 e. The minimum absolute atomic E-state index is 0.120. The lowest BCUT2D eigenvalue weighted by Crippen LogP contribution is -2.31. The number of aromatic nitrogens is 3. The van der Waals surface area contributed by atoms with E-state index in [-0.39, 0.29) is 18.3 Å². The Morgan fingerprint density at radius 1 is 1.15 bits per heavy atom. The molecule has 1 aliphatic rings. The van der Waals surface area contributed by atoms with E-state index in [0.717, 1.165) is 47.7 Å². The van der Waals surface area contributed by atoms with Crippen LogP contribution in [-0.2, 0) is 17.1 Å². The van der Waals surface area contributed by atoms with Crippen LogP contribution >= 0.6 is 11.8 Å². The van der Waals surface area contributed by atoms with Crippen molar-refractivity contribution in [2.24, 2.45) is 0 Å². The number of thioether (sulfide) groups is 1. The second-order valence-corrected chi connectivity index (χ2v) is 7.29. The molecule has 7 heteroatoms. The second kappa shape index (κ2) is 7.45. The highest BCUT2D eigenvalue weighted by Gasteiger charge is 2.21. The average Bonchev–Trinajstić information content (AvgIpc) is 3.30. The zero-order valence-electron chi connectivity index (χ0n) is 14.3. The van der Waals surface area contributed by atoms with Crippen molar-refractivity contribution < 1.29 is 9.18 Å². The number of benzene rings is 1. The predicted molar refractivity (Wildman–Crippen MR) is 99.3 cm³/mol. The Morgan fingerprint density at radius 2 is 1.92 bits per heavy atom. The molecule has 4 rings (SSSR count). The van der Waals surface area contributed by atoms with Crippen molar-refractivity contribution in [3.8, 4) is 0 Å².